The molecule has 0 spiro atoms. The SMILES string of the molecule is C1CC1.CC(Cc1ccc2c(c1)OCCC2)C(=O)O.COc1cc(-c2ccccc2CN2CCCC[C@@H]2C)c(F)cn1. The highest BCUT2D eigenvalue weighted by Gasteiger charge is 2.20. The fraction of sp³-hybridized carbons (Fsp3) is 0.486. The van der Waals surface area contributed by atoms with Crippen molar-refractivity contribution in [2.75, 3.05) is 20.3 Å². The number of aromatic nitrogens is 1. The molecule has 3 aromatic rings. The van der Waals surface area contributed by atoms with E-state index in [9.17, 15) is 9.18 Å². The molecule has 3 aliphatic rings. The van der Waals surface area contributed by atoms with Gasteiger partial charge < -0.3 is 14.6 Å². The van der Waals surface area contributed by atoms with Crippen LogP contribution in [0.4, 0.5) is 4.39 Å². The third-order valence-corrected chi connectivity index (χ3v) is 7.96. The summed E-state index contributed by atoms with van der Waals surface area (Å²) in [5.41, 5.74) is 4.89. The van der Waals surface area contributed by atoms with Gasteiger partial charge in [0, 0.05) is 24.2 Å². The predicted octanol–water partition coefficient (Wildman–Crippen LogP) is 7.72. The zero-order chi connectivity index (χ0) is 29.9. The summed E-state index contributed by atoms with van der Waals surface area (Å²) < 4.78 is 25.0. The van der Waals surface area contributed by atoms with E-state index in [-0.39, 0.29) is 11.7 Å². The molecule has 2 aliphatic heterocycles. The van der Waals surface area contributed by atoms with Crippen LogP contribution < -0.4 is 9.47 Å². The lowest BCUT2D eigenvalue weighted by atomic mass is 9.97. The summed E-state index contributed by atoms with van der Waals surface area (Å²) in [4.78, 5) is 17.2. The standard InChI is InChI=1S/C19H23FN2O.C13H16O3.C3H6/c1-14-7-5-6-10-22(14)13-15-8-3-4-9-16(15)17-11-19(23-2)21-12-18(17)20;1-9(13(14)15)7-10-4-5-11-3-2-6-16-12(11)8-10;1-2-3-1/h3-4,8-9,11-12,14H,5-7,10,13H2,1-2H3;4-5,8-9H,2-3,6-7H2,1H3,(H,14,15);1-3H2/t14-;;/m0../s1. The van der Waals surface area contributed by atoms with E-state index in [2.05, 4.69) is 28.9 Å². The molecule has 1 aliphatic carbocycles. The van der Waals surface area contributed by atoms with Crippen molar-refractivity contribution in [3.63, 3.8) is 0 Å². The Morgan fingerprint density at radius 3 is 2.60 bits per heavy atom. The number of nitrogens with zero attached hydrogens (tertiary/aromatic N) is 2. The molecule has 2 atom stereocenters. The van der Waals surface area contributed by atoms with E-state index in [0.717, 1.165) is 55.0 Å². The predicted molar refractivity (Wildman–Crippen MR) is 165 cm³/mol. The van der Waals surface area contributed by atoms with Crippen molar-refractivity contribution in [3.8, 4) is 22.8 Å². The van der Waals surface area contributed by atoms with E-state index < -0.39 is 5.97 Å². The molecule has 1 saturated carbocycles. The van der Waals surface area contributed by atoms with E-state index in [1.807, 2.05) is 30.3 Å². The molecule has 6 nitrogen and oxygen atoms in total. The van der Waals surface area contributed by atoms with Gasteiger partial charge in [0.1, 0.15) is 11.6 Å². The Kier molecular flexibility index (Phi) is 11.8. The first-order valence-corrected chi connectivity index (χ1v) is 15.3. The summed E-state index contributed by atoms with van der Waals surface area (Å²) in [6.07, 6.45) is 12.2. The summed E-state index contributed by atoms with van der Waals surface area (Å²) in [5.74, 6) is -0.0471. The highest BCUT2D eigenvalue weighted by Crippen LogP contribution is 2.31. The monoisotopic (exact) mass is 576 g/mol. The number of hydrogen-bond donors (Lipinski definition) is 1. The fourth-order valence-corrected chi connectivity index (χ4v) is 5.22. The third-order valence-electron chi connectivity index (χ3n) is 7.96. The van der Waals surface area contributed by atoms with Crippen LogP contribution in [-0.2, 0) is 24.2 Å². The zero-order valence-electron chi connectivity index (χ0n) is 25.3. The van der Waals surface area contributed by atoms with Gasteiger partial charge in [-0.15, -0.1) is 0 Å². The van der Waals surface area contributed by atoms with Crippen LogP contribution in [0.2, 0.25) is 0 Å². The van der Waals surface area contributed by atoms with E-state index >= 15 is 0 Å². The minimum absolute atomic E-state index is 0.315. The van der Waals surface area contributed by atoms with Gasteiger partial charge in [0.25, 0.3) is 0 Å². The number of pyridine rings is 1. The molecular formula is C35H45FN2O4. The number of benzene rings is 2. The average Bonchev–Trinajstić information content (AvgIpc) is 3.89. The van der Waals surface area contributed by atoms with Gasteiger partial charge in [-0.2, -0.15) is 0 Å². The first-order valence-electron chi connectivity index (χ1n) is 15.3. The maximum absolute atomic E-state index is 14.3. The molecule has 0 radical (unpaired) electrons. The molecule has 1 unspecified atom stereocenters. The number of aliphatic carboxylic acids is 1. The summed E-state index contributed by atoms with van der Waals surface area (Å²) in [7, 11) is 1.55. The van der Waals surface area contributed by atoms with Crippen LogP contribution in [-0.4, -0.2) is 47.3 Å². The fourth-order valence-electron chi connectivity index (χ4n) is 5.22. The molecule has 0 amide bonds. The minimum Gasteiger partial charge on any atom is -0.493 e. The van der Waals surface area contributed by atoms with Gasteiger partial charge in [0.15, 0.2) is 0 Å². The number of aryl methyl sites for hydroxylation is 1. The second-order valence-electron chi connectivity index (χ2n) is 11.6. The summed E-state index contributed by atoms with van der Waals surface area (Å²) in [6, 6.07) is 16.3. The molecule has 7 heteroatoms. The molecule has 3 heterocycles. The number of carboxylic acid groups (broad SMARTS) is 1. The molecular weight excluding hydrogens is 531 g/mol. The zero-order valence-corrected chi connectivity index (χ0v) is 25.3. The number of carbonyl (C=O) groups is 1. The normalized spacial score (nSPS) is 18.1. The number of halogens is 1. The van der Waals surface area contributed by atoms with Crippen LogP contribution >= 0.6 is 0 Å². The molecule has 1 N–H and O–H groups in total. The maximum atomic E-state index is 14.3. The number of ether oxygens (including phenoxy) is 2. The van der Waals surface area contributed by atoms with E-state index in [4.69, 9.17) is 14.6 Å². The second kappa shape index (κ2) is 15.7. The highest BCUT2D eigenvalue weighted by atomic mass is 19.1. The Morgan fingerprint density at radius 2 is 1.88 bits per heavy atom. The number of carboxylic acids is 1. The van der Waals surface area contributed by atoms with Crippen LogP contribution in [0.3, 0.4) is 0 Å². The van der Waals surface area contributed by atoms with Crippen molar-refractivity contribution in [3.05, 3.63) is 77.2 Å². The van der Waals surface area contributed by atoms with Crippen molar-refractivity contribution in [2.45, 2.75) is 84.2 Å². The van der Waals surface area contributed by atoms with Gasteiger partial charge in [-0.3, -0.25) is 9.69 Å². The van der Waals surface area contributed by atoms with Crippen LogP contribution in [0.5, 0.6) is 11.6 Å². The molecule has 42 heavy (non-hydrogen) atoms. The number of likely N-dealkylation sites (tertiary alicyclic amines) is 1. The summed E-state index contributed by atoms with van der Waals surface area (Å²) in [6.45, 7) is 6.73. The molecule has 2 fully saturated rings. The smallest absolute Gasteiger partial charge is 0.306 e. The number of fused-ring (bicyclic) bond motifs is 1. The van der Waals surface area contributed by atoms with Gasteiger partial charge in [0.05, 0.1) is 25.8 Å². The van der Waals surface area contributed by atoms with Gasteiger partial charge in [0.2, 0.25) is 5.88 Å². The molecule has 1 aromatic heterocycles. The third kappa shape index (κ3) is 9.28. The quantitative estimate of drug-likeness (QED) is 0.311. The Morgan fingerprint density at radius 1 is 1.10 bits per heavy atom. The van der Waals surface area contributed by atoms with E-state index in [1.165, 1.54) is 50.3 Å². The Labute approximate surface area is 249 Å². The second-order valence-corrected chi connectivity index (χ2v) is 11.6. The lowest BCUT2D eigenvalue weighted by Gasteiger charge is -2.33. The van der Waals surface area contributed by atoms with Gasteiger partial charge in [-0.05, 0) is 73.9 Å². The summed E-state index contributed by atoms with van der Waals surface area (Å²) >= 11 is 0. The van der Waals surface area contributed by atoms with Crippen molar-refractivity contribution in [2.24, 2.45) is 5.92 Å². The van der Waals surface area contributed by atoms with Crippen LogP contribution in [0.1, 0.15) is 75.5 Å². The number of methoxy groups -OCH3 is 1. The van der Waals surface area contributed by atoms with Crippen molar-refractivity contribution in [1.29, 1.82) is 0 Å². The number of piperidine rings is 1. The first-order chi connectivity index (χ1) is 20.4. The summed E-state index contributed by atoms with van der Waals surface area (Å²) in [5, 5.41) is 8.85. The molecule has 0 bridgehead atoms. The molecule has 1 saturated heterocycles. The number of rotatable bonds is 7. The topological polar surface area (TPSA) is 71.9 Å². The van der Waals surface area contributed by atoms with E-state index in [0.29, 0.717) is 23.9 Å². The first kappa shape index (κ1) is 31.5. The van der Waals surface area contributed by atoms with Gasteiger partial charge >= 0.3 is 5.97 Å². The Bertz CT molecular complexity index is 1310. The lowest BCUT2D eigenvalue weighted by molar-refractivity contribution is -0.141. The maximum Gasteiger partial charge on any atom is 0.306 e. The minimum atomic E-state index is -0.751. The van der Waals surface area contributed by atoms with Gasteiger partial charge in [-0.25, -0.2) is 9.37 Å². The highest BCUT2D eigenvalue weighted by molar-refractivity contribution is 5.70. The van der Waals surface area contributed by atoms with Crippen molar-refractivity contribution >= 4 is 5.97 Å². The molecule has 2 aromatic carbocycles. The van der Waals surface area contributed by atoms with Crippen LogP contribution in [0.25, 0.3) is 11.1 Å². The van der Waals surface area contributed by atoms with Crippen molar-refractivity contribution < 1.29 is 23.8 Å². The van der Waals surface area contributed by atoms with Gasteiger partial charge in [-0.1, -0.05) is 69.0 Å². The van der Waals surface area contributed by atoms with E-state index in [1.54, 1.807) is 20.1 Å². The number of hydrogen-bond acceptors (Lipinski definition) is 5. The Balaban J connectivity index is 0.000000184. The lowest BCUT2D eigenvalue weighted by Crippen LogP contribution is -2.36. The van der Waals surface area contributed by atoms with Crippen LogP contribution in [0.15, 0.2) is 54.7 Å². The molecule has 6 rings (SSSR count). The largest absolute Gasteiger partial charge is 0.493 e. The van der Waals surface area contributed by atoms with Crippen LogP contribution in [0, 0.1) is 11.7 Å². The Hall–Kier alpha value is -3.45. The molecule has 226 valence electrons. The van der Waals surface area contributed by atoms with Crippen molar-refractivity contribution in [1.82, 2.24) is 9.88 Å². The average molecular weight is 577 g/mol.